The van der Waals surface area contributed by atoms with E-state index in [1.807, 2.05) is 0 Å². The summed E-state index contributed by atoms with van der Waals surface area (Å²) >= 11 is 0.703. The minimum Gasteiger partial charge on any atom is -0.361 e. The summed E-state index contributed by atoms with van der Waals surface area (Å²) < 4.78 is 0. The number of likely N-dealkylation sites (N-methyl/N-ethyl adjacent to an activating group) is 1. The van der Waals surface area contributed by atoms with E-state index in [9.17, 15) is 19.2 Å². The van der Waals surface area contributed by atoms with Crippen molar-refractivity contribution in [1.82, 2.24) is 10.6 Å². The fourth-order valence-corrected chi connectivity index (χ4v) is 1.74. The monoisotopic (exact) mass is 324 g/mol. The molecule has 0 spiro atoms. The third-order valence-electron chi connectivity index (χ3n) is 2.46. The average molecular weight is 324 g/mol. The summed E-state index contributed by atoms with van der Waals surface area (Å²) in [5, 5.41) is 6.77. The summed E-state index contributed by atoms with van der Waals surface area (Å²) in [5.41, 5.74) is 5.76. The molecule has 0 saturated carbocycles. The molecule has 1 aromatic carbocycles. The summed E-state index contributed by atoms with van der Waals surface area (Å²) in [5.74, 6) is -1.15. The molecule has 22 heavy (non-hydrogen) atoms. The number of amides is 4. The highest BCUT2D eigenvalue weighted by Gasteiger charge is 2.08. The molecular formula is C13H16N4O4S. The second-order valence-corrected chi connectivity index (χ2v) is 5.07. The Labute approximate surface area is 131 Å². The van der Waals surface area contributed by atoms with Crippen molar-refractivity contribution in [1.29, 1.82) is 0 Å². The van der Waals surface area contributed by atoms with E-state index in [0.717, 1.165) is 0 Å². The molecular weight excluding hydrogens is 308 g/mol. The predicted molar refractivity (Wildman–Crippen MR) is 83.5 cm³/mol. The van der Waals surface area contributed by atoms with Crippen LogP contribution in [0.15, 0.2) is 24.3 Å². The number of hydrogen-bond donors (Lipinski definition) is 4. The fraction of sp³-hybridized carbons (Fsp3) is 0.231. The molecule has 5 N–H and O–H groups in total. The maximum Gasteiger partial charge on any atom is 0.276 e. The highest BCUT2D eigenvalue weighted by atomic mass is 32.2. The maximum atomic E-state index is 11.7. The van der Waals surface area contributed by atoms with Crippen molar-refractivity contribution < 1.29 is 19.2 Å². The quantitative estimate of drug-likeness (QED) is 0.581. The molecule has 0 atom stereocenters. The van der Waals surface area contributed by atoms with Crippen LogP contribution < -0.4 is 21.7 Å². The van der Waals surface area contributed by atoms with Gasteiger partial charge in [-0.2, -0.15) is 0 Å². The van der Waals surface area contributed by atoms with Crippen molar-refractivity contribution in [3.05, 3.63) is 29.8 Å². The fourth-order valence-electron chi connectivity index (χ4n) is 1.39. The maximum absolute atomic E-state index is 11.7. The number of nitrogens with one attached hydrogen (secondary N) is 3. The Hall–Kier alpha value is -2.55. The molecule has 1 aromatic rings. The van der Waals surface area contributed by atoms with E-state index in [-0.39, 0.29) is 24.1 Å². The molecule has 9 heteroatoms. The highest BCUT2D eigenvalue weighted by molar-refractivity contribution is 8.14. The molecule has 0 heterocycles. The first-order valence-corrected chi connectivity index (χ1v) is 7.22. The molecule has 0 unspecified atom stereocenters. The van der Waals surface area contributed by atoms with E-state index in [0.29, 0.717) is 23.0 Å². The Kier molecular flexibility index (Phi) is 6.90. The lowest BCUT2D eigenvalue weighted by molar-refractivity contribution is -0.119. The zero-order valence-electron chi connectivity index (χ0n) is 11.8. The lowest BCUT2D eigenvalue weighted by Gasteiger charge is -2.07. The van der Waals surface area contributed by atoms with Crippen LogP contribution >= 0.6 is 11.8 Å². The molecule has 0 fully saturated rings. The molecule has 0 radical (unpaired) electrons. The van der Waals surface area contributed by atoms with Crippen molar-refractivity contribution in [2.24, 2.45) is 5.73 Å². The first kappa shape index (κ1) is 17.5. The lowest BCUT2D eigenvalue weighted by Crippen LogP contribution is -2.35. The minimum atomic E-state index is -0.627. The number of rotatable bonds is 6. The molecule has 0 aliphatic rings. The summed E-state index contributed by atoms with van der Waals surface area (Å²) in [6.07, 6.45) is 0. The number of primary amides is 1. The van der Waals surface area contributed by atoms with Crippen LogP contribution in [-0.2, 0) is 9.59 Å². The Morgan fingerprint density at radius 3 is 2.27 bits per heavy atom. The van der Waals surface area contributed by atoms with Crippen LogP contribution in [-0.4, -0.2) is 42.3 Å². The van der Waals surface area contributed by atoms with Gasteiger partial charge in [-0.3, -0.25) is 19.2 Å². The van der Waals surface area contributed by atoms with Gasteiger partial charge in [-0.15, -0.1) is 0 Å². The SMILES string of the molecule is CNC(=O)CNC(=O)c1ccc(NC(=O)CSC(N)=O)cc1. The van der Waals surface area contributed by atoms with Gasteiger partial charge in [-0.05, 0) is 24.3 Å². The van der Waals surface area contributed by atoms with E-state index in [2.05, 4.69) is 16.0 Å². The molecule has 4 amide bonds. The van der Waals surface area contributed by atoms with E-state index < -0.39 is 11.1 Å². The van der Waals surface area contributed by atoms with Crippen molar-refractivity contribution >= 4 is 40.4 Å². The first-order chi connectivity index (χ1) is 10.4. The van der Waals surface area contributed by atoms with Crippen LogP contribution in [0.2, 0.25) is 0 Å². The standard InChI is InChI=1S/C13H16N4O4S/c1-15-10(18)6-16-12(20)8-2-4-9(5-3-8)17-11(19)7-22-13(14)21/h2-5H,6-7H2,1H3,(H2,14,21)(H,15,18)(H,16,20)(H,17,19). The number of carbonyl (C=O) groups excluding carboxylic acids is 4. The Bertz CT molecular complexity index is 574. The van der Waals surface area contributed by atoms with Gasteiger partial charge >= 0.3 is 0 Å². The van der Waals surface area contributed by atoms with Crippen molar-refractivity contribution in [3.63, 3.8) is 0 Å². The number of hydrogen-bond acceptors (Lipinski definition) is 5. The van der Waals surface area contributed by atoms with E-state index in [1.54, 1.807) is 12.1 Å². The van der Waals surface area contributed by atoms with Crippen LogP contribution in [0.1, 0.15) is 10.4 Å². The van der Waals surface area contributed by atoms with Crippen molar-refractivity contribution in [3.8, 4) is 0 Å². The molecule has 0 aliphatic carbocycles. The summed E-state index contributed by atoms with van der Waals surface area (Å²) in [6.45, 7) is -0.113. The second kappa shape index (κ2) is 8.67. The molecule has 8 nitrogen and oxygen atoms in total. The van der Waals surface area contributed by atoms with Gasteiger partial charge in [0.1, 0.15) is 0 Å². The molecule has 118 valence electrons. The van der Waals surface area contributed by atoms with Gasteiger partial charge < -0.3 is 21.7 Å². The topological polar surface area (TPSA) is 130 Å². The van der Waals surface area contributed by atoms with Gasteiger partial charge in [0.2, 0.25) is 11.8 Å². The Morgan fingerprint density at radius 2 is 1.73 bits per heavy atom. The van der Waals surface area contributed by atoms with E-state index >= 15 is 0 Å². The molecule has 0 saturated heterocycles. The summed E-state index contributed by atoms with van der Waals surface area (Å²) in [4.78, 5) is 44.8. The van der Waals surface area contributed by atoms with Crippen LogP contribution in [0.5, 0.6) is 0 Å². The number of benzene rings is 1. The largest absolute Gasteiger partial charge is 0.361 e. The first-order valence-electron chi connectivity index (χ1n) is 6.23. The van der Waals surface area contributed by atoms with Crippen LogP contribution in [0, 0.1) is 0 Å². The van der Waals surface area contributed by atoms with Crippen LogP contribution in [0.25, 0.3) is 0 Å². The third-order valence-corrected chi connectivity index (χ3v) is 3.16. The van der Waals surface area contributed by atoms with Gasteiger partial charge in [0.15, 0.2) is 0 Å². The number of thioether (sulfide) groups is 1. The van der Waals surface area contributed by atoms with Gasteiger partial charge in [-0.25, -0.2) is 0 Å². The third kappa shape index (κ3) is 6.27. The van der Waals surface area contributed by atoms with Gasteiger partial charge in [0, 0.05) is 18.3 Å². The number of anilines is 1. The van der Waals surface area contributed by atoms with Gasteiger partial charge in [-0.1, -0.05) is 11.8 Å². The second-order valence-electron chi connectivity index (χ2n) is 4.09. The molecule has 0 bridgehead atoms. The number of carbonyl (C=O) groups is 4. The van der Waals surface area contributed by atoms with Gasteiger partial charge in [0.05, 0.1) is 12.3 Å². The van der Waals surface area contributed by atoms with E-state index in [1.165, 1.54) is 19.2 Å². The Balaban J connectivity index is 2.51. The minimum absolute atomic E-state index is 0.0797. The number of nitrogens with two attached hydrogens (primary N) is 1. The highest BCUT2D eigenvalue weighted by Crippen LogP contribution is 2.10. The van der Waals surface area contributed by atoms with Crippen molar-refractivity contribution in [2.45, 2.75) is 0 Å². The molecule has 0 aromatic heterocycles. The average Bonchev–Trinajstić information content (AvgIpc) is 2.51. The van der Waals surface area contributed by atoms with Crippen molar-refractivity contribution in [2.75, 3.05) is 24.7 Å². The van der Waals surface area contributed by atoms with Crippen LogP contribution in [0.4, 0.5) is 10.5 Å². The lowest BCUT2D eigenvalue weighted by atomic mass is 10.2. The zero-order valence-corrected chi connectivity index (χ0v) is 12.7. The smallest absolute Gasteiger partial charge is 0.276 e. The van der Waals surface area contributed by atoms with Crippen LogP contribution in [0.3, 0.4) is 0 Å². The van der Waals surface area contributed by atoms with E-state index in [4.69, 9.17) is 5.73 Å². The summed E-state index contributed by atoms with van der Waals surface area (Å²) in [6, 6.07) is 6.11. The van der Waals surface area contributed by atoms with Gasteiger partial charge in [0.25, 0.3) is 11.1 Å². The normalized spacial score (nSPS) is 9.68. The predicted octanol–water partition coefficient (Wildman–Crippen LogP) is -0.0872. The summed E-state index contributed by atoms with van der Waals surface area (Å²) in [7, 11) is 1.47. The zero-order chi connectivity index (χ0) is 16.5. The molecule has 0 aliphatic heterocycles. The molecule has 1 rings (SSSR count). The Morgan fingerprint density at radius 1 is 1.09 bits per heavy atom.